The van der Waals surface area contributed by atoms with Gasteiger partial charge in [0.2, 0.25) is 5.91 Å². The summed E-state index contributed by atoms with van der Waals surface area (Å²) >= 11 is 5.94. The summed E-state index contributed by atoms with van der Waals surface area (Å²) in [5, 5.41) is 3.70. The van der Waals surface area contributed by atoms with Gasteiger partial charge in [-0.3, -0.25) is 4.79 Å². The van der Waals surface area contributed by atoms with E-state index in [0.29, 0.717) is 24.3 Å². The Bertz CT molecular complexity index is 613. The first-order chi connectivity index (χ1) is 10.9. The zero-order valence-electron chi connectivity index (χ0n) is 14.4. The lowest BCUT2D eigenvalue weighted by Gasteiger charge is -2.06. The fourth-order valence-electron chi connectivity index (χ4n) is 2.85. The third-order valence-electron chi connectivity index (χ3n) is 4.17. The molecule has 0 radical (unpaired) electrons. The van der Waals surface area contributed by atoms with E-state index in [4.69, 9.17) is 11.6 Å². The number of halogens is 1. The molecule has 1 aromatic carbocycles. The largest absolute Gasteiger partial charge is 0.352 e. The van der Waals surface area contributed by atoms with E-state index in [2.05, 4.69) is 44.3 Å². The van der Waals surface area contributed by atoms with Crippen molar-refractivity contribution in [1.29, 1.82) is 0 Å². The van der Waals surface area contributed by atoms with Crippen LogP contribution in [0.5, 0.6) is 0 Å². The molecular weight excluding hydrogens is 306 g/mol. The average Bonchev–Trinajstić information content (AvgIpc) is 3.26. The maximum absolute atomic E-state index is 11.8. The minimum atomic E-state index is -0.00898. The summed E-state index contributed by atoms with van der Waals surface area (Å²) in [5.41, 5.74) is 3.70. The molecule has 0 aliphatic heterocycles. The van der Waals surface area contributed by atoms with E-state index in [-0.39, 0.29) is 5.91 Å². The summed E-state index contributed by atoms with van der Waals surface area (Å²) in [4.78, 5) is 11.8. The molecule has 1 aromatic rings. The van der Waals surface area contributed by atoms with E-state index < -0.39 is 0 Å². The van der Waals surface area contributed by atoms with Crippen LogP contribution in [0.2, 0.25) is 5.02 Å². The van der Waals surface area contributed by atoms with Gasteiger partial charge in [-0.2, -0.15) is 0 Å². The Morgan fingerprint density at radius 1 is 1.26 bits per heavy atom. The van der Waals surface area contributed by atoms with E-state index in [1.807, 2.05) is 19.1 Å². The number of rotatable bonds is 6. The van der Waals surface area contributed by atoms with Crippen LogP contribution in [0.25, 0.3) is 0 Å². The van der Waals surface area contributed by atoms with Crippen molar-refractivity contribution in [2.45, 2.75) is 40.0 Å². The molecule has 2 rings (SSSR count). The quantitative estimate of drug-likeness (QED) is 0.569. The molecule has 0 spiro atoms. The summed E-state index contributed by atoms with van der Waals surface area (Å²) in [5.74, 6) is 1.63. The van der Waals surface area contributed by atoms with Gasteiger partial charge < -0.3 is 5.32 Å². The molecule has 1 aliphatic rings. The lowest BCUT2D eigenvalue weighted by Crippen LogP contribution is -2.25. The first-order valence-corrected chi connectivity index (χ1v) is 8.64. The van der Waals surface area contributed by atoms with Crippen LogP contribution in [0.1, 0.15) is 45.6 Å². The second kappa shape index (κ2) is 7.83. The molecule has 0 heterocycles. The molecule has 3 heteroatoms. The normalized spacial score (nSPS) is 21.5. The molecule has 1 saturated carbocycles. The standard InChI is InChI=1S/C20H26ClNO/c1-13(2)12-22-20(23)10-14(3)9-15(4)18-11-19(18)16-5-7-17(21)8-6-16/h5-10,13,18-19H,11-12H2,1-4H3,(H,22,23)/t18-,19-/m0/s1. The summed E-state index contributed by atoms with van der Waals surface area (Å²) in [7, 11) is 0. The van der Waals surface area contributed by atoms with Gasteiger partial charge in [-0.15, -0.1) is 0 Å². The van der Waals surface area contributed by atoms with Gasteiger partial charge >= 0.3 is 0 Å². The Balaban J connectivity index is 1.92. The summed E-state index contributed by atoms with van der Waals surface area (Å²) in [6.07, 6.45) is 5.00. The van der Waals surface area contributed by atoms with Crippen molar-refractivity contribution in [3.63, 3.8) is 0 Å². The molecule has 0 unspecified atom stereocenters. The zero-order chi connectivity index (χ0) is 17.0. The van der Waals surface area contributed by atoms with Crippen molar-refractivity contribution < 1.29 is 4.79 Å². The minimum absolute atomic E-state index is 0.00898. The van der Waals surface area contributed by atoms with E-state index >= 15 is 0 Å². The molecule has 0 saturated heterocycles. The Hall–Kier alpha value is -1.54. The van der Waals surface area contributed by atoms with Crippen LogP contribution >= 0.6 is 11.6 Å². The summed E-state index contributed by atoms with van der Waals surface area (Å²) < 4.78 is 0. The van der Waals surface area contributed by atoms with Gasteiger partial charge in [-0.05, 0) is 61.3 Å². The van der Waals surface area contributed by atoms with Crippen molar-refractivity contribution in [2.75, 3.05) is 6.54 Å². The van der Waals surface area contributed by atoms with Crippen LogP contribution in [-0.4, -0.2) is 12.5 Å². The van der Waals surface area contributed by atoms with Crippen LogP contribution in [0.4, 0.5) is 0 Å². The van der Waals surface area contributed by atoms with E-state index in [1.165, 1.54) is 17.6 Å². The van der Waals surface area contributed by atoms with Crippen molar-refractivity contribution in [1.82, 2.24) is 5.32 Å². The third-order valence-corrected chi connectivity index (χ3v) is 4.42. The molecule has 1 aliphatic carbocycles. The fraction of sp³-hybridized carbons (Fsp3) is 0.450. The molecule has 0 bridgehead atoms. The highest BCUT2D eigenvalue weighted by Gasteiger charge is 2.39. The molecule has 1 amide bonds. The second-order valence-electron chi connectivity index (χ2n) is 6.92. The van der Waals surface area contributed by atoms with Crippen LogP contribution in [0.15, 0.2) is 47.6 Å². The van der Waals surface area contributed by atoms with Crippen LogP contribution in [0.3, 0.4) is 0 Å². The van der Waals surface area contributed by atoms with Gasteiger partial charge in [-0.1, -0.05) is 49.2 Å². The number of allylic oxidation sites excluding steroid dienone is 3. The van der Waals surface area contributed by atoms with Crippen LogP contribution in [-0.2, 0) is 4.79 Å². The van der Waals surface area contributed by atoms with Gasteiger partial charge in [0.05, 0.1) is 0 Å². The number of nitrogens with one attached hydrogen (secondary N) is 1. The van der Waals surface area contributed by atoms with E-state index in [1.54, 1.807) is 6.08 Å². The Kier molecular flexibility index (Phi) is 6.06. The Morgan fingerprint density at radius 3 is 2.52 bits per heavy atom. The van der Waals surface area contributed by atoms with Gasteiger partial charge in [-0.25, -0.2) is 0 Å². The van der Waals surface area contributed by atoms with Crippen molar-refractivity contribution in [3.05, 3.63) is 58.1 Å². The van der Waals surface area contributed by atoms with Gasteiger partial charge in [0.25, 0.3) is 0 Å². The van der Waals surface area contributed by atoms with Crippen LogP contribution in [0, 0.1) is 11.8 Å². The van der Waals surface area contributed by atoms with Crippen molar-refractivity contribution >= 4 is 17.5 Å². The number of amides is 1. The lowest BCUT2D eigenvalue weighted by atomic mass is 10.0. The Morgan fingerprint density at radius 2 is 1.91 bits per heavy atom. The Labute approximate surface area is 144 Å². The molecule has 2 atom stereocenters. The molecule has 2 nitrogen and oxygen atoms in total. The van der Waals surface area contributed by atoms with E-state index in [0.717, 1.165) is 10.6 Å². The summed E-state index contributed by atoms with van der Waals surface area (Å²) in [6.45, 7) is 9.03. The topological polar surface area (TPSA) is 29.1 Å². The van der Waals surface area contributed by atoms with Gasteiger partial charge in [0.15, 0.2) is 0 Å². The highest BCUT2D eigenvalue weighted by atomic mass is 35.5. The van der Waals surface area contributed by atoms with Crippen molar-refractivity contribution in [3.8, 4) is 0 Å². The SMILES string of the molecule is CC(=CC(=O)NCC(C)C)C=C(C)[C@@H]1C[C@H]1c1ccc(Cl)cc1. The first kappa shape index (κ1) is 17.8. The maximum Gasteiger partial charge on any atom is 0.244 e. The van der Waals surface area contributed by atoms with Gasteiger partial charge in [0.1, 0.15) is 0 Å². The lowest BCUT2D eigenvalue weighted by molar-refractivity contribution is -0.116. The maximum atomic E-state index is 11.8. The summed E-state index contributed by atoms with van der Waals surface area (Å²) in [6, 6.07) is 8.13. The minimum Gasteiger partial charge on any atom is -0.352 e. The molecule has 1 N–H and O–H groups in total. The highest BCUT2D eigenvalue weighted by molar-refractivity contribution is 6.30. The highest BCUT2D eigenvalue weighted by Crippen LogP contribution is 2.51. The first-order valence-electron chi connectivity index (χ1n) is 8.26. The monoisotopic (exact) mass is 331 g/mol. The van der Waals surface area contributed by atoms with Gasteiger partial charge in [0, 0.05) is 17.6 Å². The predicted molar refractivity (Wildman–Crippen MR) is 97.7 cm³/mol. The fourth-order valence-corrected chi connectivity index (χ4v) is 2.97. The van der Waals surface area contributed by atoms with Crippen molar-refractivity contribution in [2.24, 2.45) is 11.8 Å². The molecule has 23 heavy (non-hydrogen) atoms. The molecule has 124 valence electrons. The number of hydrogen-bond acceptors (Lipinski definition) is 1. The molecule has 0 aromatic heterocycles. The number of carbonyl (C=O) groups excluding carboxylic acids is 1. The molecule has 1 fully saturated rings. The number of hydrogen-bond donors (Lipinski definition) is 1. The average molecular weight is 332 g/mol. The zero-order valence-corrected chi connectivity index (χ0v) is 15.2. The number of carbonyl (C=O) groups is 1. The van der Waals surface area contributed by atoms with Crippen LogP contribution < -0.4 is 5.32 Å². The molecular formula is C20H26ClNO. The number of benzene rings is 1. The second-order valence-corrected chi connectivity index (χ2v) is 7.35. The smallest absolute Gasteiger partial charge is 0.244 e. The predicted octanol–water partition coefficient (Wildman–Crippen LogP) is 5.11. The van der Waals surface area contributed by atoms with E-state index in [9.17, 15) is 4.79 Å². The third kappa shape index (κ3) is 5.54.